The largest absolute Gasteiger partial charge is 0.497 e. The molecule has 2 heterocycles. The Labute approximate surface area is 110 Å². The maximum absolute atomic E-state index is 8.23. The van der Waals surface area contributed by atoms with Crippen molar-refractivity contribution in [2.75, 3.05) is 27.2 Å². The summed E-state index contributed by atoms with van der Waals surface area (Å²) in [6.45, 7) is -1.38. The van der Waals surface area contributed by atoms with E-state index in [0.717, 1.165) is 11.3 Å². The van der Waals surface area contributed by atoms with Crippen LogP contribution in [0.25, 0.3) is 10.9 Å². The van der Waals surface area contributed by atoms with Crippen LogP contribution in [0.4, 0.5) is 0 Å². The van der Waals surface area contributed by atoms with Crippen molar-refractivity contribution in [1.82, 2.24) is 9.88 Å². The molecule has 0 aliphatic carbocycles. The second-order valence-corrected chi connectivity index (χ2v) is 4.23. The number of fused-ring (bicyclic) bond motifs is 3. The number of hydrogen-bond donors (Lipinski definition) is 1. The van der Waals surface area contributed by atoms with Gasteiger partial charge in [0.25, 0.3) is 0 Å². The maximum atomic E-state index is 8.23. The molecule has 3 nitrogen and oxygen atoms in total. The van der Waals surface area contributed by atoms with Crippen LogP contribution in [0.1, 0.15) is 19.5 Å². The molecule has 1 aliphatic heterocycles. The maximum Gasteiger partial charge on any atom is 0.120 e. The zero-order chi connectivity index (χ0) is 16.9. The van der Waals surface area contributed by atoms with Crippen LogP contribution in [0.2, 0.25) is 0 Å². The first-order chi connectivity index (χ1) is 10.8. The fraction of sp³-hybridized carbons (Fsp3) is 0.429. The van der Waals surface area contributed by atoms with Gasteiger partial charge in [0.05, 0.1) is 11.2 Å². The van der Waals surface area contributed by atoms with Gasteiger partial charge in [-0.3, -0.25) is 0 Å². The van der Waals surface area contributed by atoms with Gasteiger partial charge < -0.3 is 14.6 Å². The quantitative estimate of drug-likeness (QED) is 0.822. The summed E-state index contributed by atoms with van der Waals surface area (Å²) in [5, 5.41) is 0.545. The number of benzene rings is 1. The Balaban J connectivity index is 2.14. The number of aromatic amines is 1. The molecule has 17 heavy (non-hydrogen) atoms. The first kappa shape index (κ1) is 5.91. The van der Waals surface area contributed by atoms with E-state index in [2.05, 4.69) is 4.98 Å². The highest BCUT2D eigenvalue weighted by Gasteiger charge is 2.16. The molecule has 0 unspecified atom stereocenters. The van der Waals surface area contributed by atoms with E-state index in [-0.39, 0.29) is 23.9 Å². The predicted molar refractivity (Wildman–Crippen MR) is 69.8 cm³/mol. The van der Waals surface area contributed by atoms with Gasteiger partial charge in [-0.15, -0.1) is 0 Å². The lowest BCUT2D eigenvalue weighted by Gasteiger charge is -2.11. The summed E-state index contributed by atoms with van der Waals surface area (Å²) in [5.41, 5.74) is 2.19. The highest BCUT2D eigenvalue weighted by atomic mass is 16.5. The van der Waals surface area contributed by atoms with Crippen molar-refractivity contribution in [3.05, 3.63) is 29.4 Å². The molecule has 0 saturated carbocycles. The van der Waals surface area contributed by atoms with E-state index in [1.165, 1.54) is 12.0 Å². The first-order valence-electron chi connectivity index (χ1n) is 8.68. The van der Waals surface area contributed by atoms with Crippen molar-refractivity contribution in [3.63, 3.8) is 0 Å². The van der Waals surface area contributed by atoms with Crippen LogP contribution in [-0.4, -0.2) is 37.1 Å². The SMILES string of the molecule is [2H]c1c(OC)c([2H])c2[nH]c3c(c2c1[2H])CCN(C([2H])([2H])[2H])CC3. The fourth-order valence-corrected chi connectivity index (χ4v) is 2.28. The highest BCUT2D eigenvalue weighted by Crippen LogP contribution is 2.28. The third-order valence-electron chi connectivity index (χ3n) is 3.20. The van der Waals surface area contributed by atoms with Crippen molar-refractivity contribution < 1.29 is 13.0 Å². The minimum Gasteiger partial charge on any atom is -0.497 e. The van der Waals surface area contributed by atoms with Crippen LogP contribution in [0.15, 0.2) is 18.1 Å². The van der Waals surface area contributed by atoms with E-state index in [1.807, 2.05) is 0 Å². The van der Waals surface area contributed by atoms with Gasteiger partial charge in [-0.05, 0) is 31.0 Å². The van der Waals surface area contributed by atoms with Gasteiger partial charge in [0.15, 0.2) is 0 Å². The Morgan fingerprint density at radius 1 is 1.41 bits per heavy atom. The standard InChI is InChI=1S/C14H18N2O/c1-16-7-5-12-11-4-3-10(17-2)9-14(11)15-13(12)6-8-16/h3-4,9,15H,5-8H2,1-2H3/i1D3,3D,4D,9D. The number of nitrogens with one attached hydrogen (secondary N) is 1. The van der Waals surface area contributed by atoms with E-state index in [0.29, 0.717) is 36.8 Å². The Morgan fingerprint density at radius 2 is 2.29 bits per heavy atom. The van der Waals surface area contributed by atoms with Gasteiger partial charge >= 0.3 is 0 Å². The van der Waals surface area contributed by atoms with Crippen LogP contribution in [0.5, 0.6) is 5.75 Å². The Morgan fingerprint density at radius 3 is 3.12 bits per heavy atom. The molecule has 0 radical (unpaired) electrons. The number of nitrogens with zero attached hydrogens (tertiary/aromatic N) is 1. The van der Waals surface area contributed by atoms with E-state index in [4.69, 9.17) is 13.0 Å². The van der Waals surface area contributed by atoms with Gasteiger partial charge in [0, 0.05) is 46.3 Å². The molecule has 0 bridgehead atoms. The molecule has 1 aromatic heterocycles. The topological polar surface area (TPSA) is 28.3 Å². The minimum atomic E-state index is -2.13. The molecule has 90 valence electrons. The Hall–Kier alpha value is -1.48. The molecule has 0 saturated heterocycles. The third kappa shape index (κ3) is 1.80. The minimum absolute atomic E-state index is 0.0210. The van der Waals surface area contributed by atoms with Gasteiger partial charge in [-0.25, -0.2) is 0 Å². The van der Waals surface area contributed by atoms with Crippen molar-refractivity contribution in [1.29, 1.82) is 0 Å². The van der Waals surface area contributed by atoms with Crippen molar-refractivity contribution in [3.8, 4) is 5.75 Å². The first-order valence-corrected chi connectivity index (χ1v) is 5.68. The van der Waals surface area contributed by atoms with Crippen LogP contribution in [0, 0.1) is 0 Å². The van der Waals surface area contributed by atoms with Crippen molar-refractivity contribution in [2.24, 2.45) is 0 Å². The summed E-state index contributed by atoms with van der Waals surface area (Å²) >= 11 is 0. The molecule has 0 fully saturated rings. The van der Waals surface area contributed by atoms with Crippen LogP contribution >= 0.6 is 0 Å². The molecule has 1 aromatic carbocycles. The number of ether oxygens (including phenoxy) is 1. The van der Waals surface area contributed by atoms with E-state index >= 15 is 0 Å². The van der Waals surface area contributed by atoms with Gasteiger partial charge in [-0.1, -0.05) is 0 Å². The van der Waals surface area contributed by atoms with Gasteiger partial charge in [0.2, 0.25) is 0 Å². The normalized spacial score (nSPS) is 22.6. The Bertz CT molecular complexity index is 767. The number of likely N-dealkylation sites (N-methyl/N-ethyl adjacent to an activating group) is 1. The summed E-state index contributed by atoms with van der Waals surface area (Å²) in [6.07, 6.45) is 0.988. The summed E-state index contributed by atoms with van der Waals surface area (Å²) < 4.78 is 52.2. The summed E-state index contributed by atoms with van der Waals surface area (Å²) in [5.74, 6) is 0.0861. The molecule has 3 heteroatoms. The molecule has 1 aliphatic rings. The smallest absolute Gasteiger partial charge is 0.120 e. The van der Waals surface area contributed by atoms with E-state index in [9.17, 15) is 0 Å². The van der Waals surface area contributed by atoms with Crippen LogP contribution < -0.4 is 4.74 Å². The lowest BCUT2D eigenvalue weighted by molar-refractivity contribution is 0.352. The highest BCUT2D eigenvalue weighted by molar-refractivity contribution is 5.86. The fourth-order valence-electron chi connectivity index (χ4n) is 2.28. The van der Waals surface area contributed by atoms with Crippen LogP contribution in [-0.2, 0) is 12.8 Å². The van der Waals surface area contributed by atoms with Crippen molar-refractivity contribution in [2.45, 2.75) is 12.8 Å². The molecular weight excluding hydrogens is 212 g/mol. The predicted octanol–water partition coefficient (Wildman–Crippen LogP) is 2.21. The zero-order valence-electron chi connectivity index (χ0n) is 15.7. The zero-order valence-corrected chi connectivity index (χ0v) is 9.68. The number of methoxy groups -OCH3 is 1. The van der Waals surface area contributed by atoms with Crippen molar-refractivity contribution >= 4 is 10.9 Å². The summed E-state index contributed by atoms with van der Waals surface area (Å²) in [6, 6.07) is -0.0133. The summed E-state index contributed by atoms with van der Waals surface area (Å²) in [4.78, 5) is 4.61. The number of H-pyrrole nitrogens is 1. The summed E-state index contributed by atoms with van der Waals surface area (Å²) in [7, 11) is 1.39. The van der Waals surface area contributed by atoms with Crippen LogP contribution in [0.3, 0.4) is 0 Å². The lowest BCUT2D eigenvalue weighted by atomic mass is 10.1. The molecule has 3 rings (SSSR count). The second-order valence-electron chi connectivity index (χ2n) is 4.23. The third-order valence-corrected chi connectivity index (χ3v) is 3.20. The van der Waals surface area contributed by atoms with E-state index in [1.54, 1.807) is 0 Å². The average Bonchev–Trinajstić information content (AvgIpc) is 2.70. The van der Waals surface area contributed by atoms with Gasteiger partial charge in [0.1, 0.15) is 5.75 Å². The average molecular weight is 236 g/mol. The van der Waals surface area contributed by atoms with E-state index < -0.39 is 6.98 Å². The number of rotatable bonds is 1. The monoisotopic (exact) mass is 236 g/mol. The molecule has 1 N–H and O–H groups in total. The molecule has 2 aromatic rings. The molecule has 0 spiro atoms. The number of aromatic nitrogens is 1. The second kappa shape index (κ2) is 4.08. The number of hydrogen-bond acceptors (Lipinski definition) is 2. The molecule has 0 atom stereocenters. The Kier molecular flexibility index (Phi) is 1.42. The van der Waals surface area contributed by atoms with Gasteiger partial charge in [-0.2, -0.15) is 0 Å². The molecular formula is C14H18N2O. The molecule has 0 amide bonds. The lowest BCUT2D eigenvalue weighted by Crippen LogP contribution is -2.21.